The molecule has 6 nitrogen and oxygen atoms in total. The van der Waals surface area contributed by atoms with Crippen LogP contribution in [0.2, 0.25) is 0 Å². The first kappa shape index (κ1) is 13.9. The van der Waals surface area contributed by atoms with E-state index in [0.717, 1.165) is 19.1 Å². The topological polar surface area (TPSA) is 77.5 Å². The van der Waals surface area contributed by atoms with E-state index in [9.17, 15) is 8.42 Å². The highest BCUT2D eigenvalue weighted by molar-refractivity contribution is 7.92. The molecule has 0 amide bonds. The highest BCUT2D eigenvalue weighted by atomic mass is 32.2. The van der Waals surface area contributed by atoms with Crippen LogP contribution in [0, 0.1) is 0 Å². The van der Waals surface area contributed by atoms with Crippen LogP contribution >= 0.6 is 0 Å². The van der Waals surface area contributed by atoms with E-state index in [0.29, 0.717) is 17.2 Å². The van der Waals surface area contributed by atoms with Crippen molar-refractivity contribution in [2.24, 2.45) is 0 Å². The van der Waals surface area contributed by atoms with E-state index in [1.54, 1.807) is 0 Å². The fraction of sp³-hybridized carbons (Fsp3) is 0.583. The van der Waals surface area contributed by atoms with Crippen LogP contribution in [0.25, 0.3) is 0 Å². The molecule has 0 aliphatic heterocycles. The molecule has 0 aromatic carbocycles. The van der Waals surface area contributed by atoms with Gasteiger partial charge in [-0.3, -0.25) is 9.71 Å². The molecule has 2 rings (SSSR count). The highest BCUT2D eigenvalue weighted by Gasteiger charge is 2.27. The molecule has 1 heterocycles. The van der Waals surface area contributed by atoms with Gasteiger partial charge in [0.1, 0.15) is 5.69 Å². The second-order valence-electron chi connectivity index (χ2n) is 4.87. The number of pyridine rings is 1. The molecule has 1 N–H and O–H groups in total. The SMILES string of the molecule is CC(C)Oc1cncc(NS(C)(=O)=O)c1OC1CC1. The van der Waals surface area contributed by atoms with Crippen molar-refractivity contribution in [2.45, 2.75) is 38.9 Å². The minimum absolute atomic E-state index is 0.0446. The van der Waals surface area contributed by atoms with E-state index in [1.165, 1.54) is 12.4 Å². The summed E-state index contributed by atoms with van der Waals surface area (Å²) in [6.45, 7) is 3.77. The van der Waals surface area contributed by atoms with Crippen molar-refractivity contribution in [3.63, 3.8) is 0 Å². The number of ether oxygens (including phenoxy) is 2. The van der Waals surface area contributed by atoms with Gasteiger partial charge >= 0.3 is 0 Å². The molecule has 1 aliphatic carbocycles. The van der Waals surface area contributed by atoms with Crippen molar-refractivity contribution in [1.29, 1.82) is 0 Å². The Balaban J connectivity index is 2.34. The molecule has 0 saturated heterocycles. The van der Waals surface area contributed by atoms with E-state index in [2.05, 4.69) is 9.71 Å². The minimum atomic E-state index is -3.39. The third kappa shape index (κ3) is 4.27. The lowest BCUT2D eigenvalue weighted by Gasteiger charge is -2.17. The number of nitrogens with one attached hydrogen (secondary N) is 1. The Hall–Kier alpha value is -1.50. The molecule has 1 aromatic rings. The minimum Gasteiger partial charge on any atom is -0.485 e. The zero-order chi connectivity index (χ0) is 14.0. The van der Waals surface area contributed by atoms with Crippen LogP contribution in [-0.2, 0) is 10.0 Å². The summed E-state index contributed by atoms with van der Waals surface area (Å²) in [5.41, 5.74) is 0.313. The number of anilines is 1. The molecule has 7 heteroatoms. The molecule has 0 spiro atoms. The van der Waals surface area contributed by atoms with Crippen LogP contribution in [0.3, 0.4) is 0 Å². The summed E-state index contributed by atoms with van der Waals surface area (Å²) in [7, 11) is -3.39. The molecule has 1 aliphatic rings. The van der Waals surface area contributed by atoms with E-state index in [1.807, 2.05) is 13.8 Å². The molecule has 1 aromatic heterocycles. The Morgan fingerprint density at radius 1 is 1.37 bits per heavy atom. The van der Waals surface area contributed by atoms with Crippen LogP contribution in [0.5, 0.6) is 11.5 Å². The van der Waals surface area contributed by atoms with E-state index < -0.39 is 10.0 Å². The lowest BCUT2D eigenvalue weighted by molar-refractivity contribution is 0.217. The van der Waals surface area contributed by atoms with Crippen molar-refractivity contribution in [3.05, 3.63) is 12.4 Å². The van der Waals surface area contributed by atoms with E-state index in [4.69, 9.17) is 9.47 Å². The van der Waals surface area contributed by atoms with Crippen LogP contribution in [0.4, 0.5) is 5.69 Å². The molecule has 106 valence electrons. The summed E-state index contributed by atoms with van der Waals surface area (Å²) < 4.78 is 36.5. The monoisotopic (exact) mass is 286 g/mol. The molecule has 19 heavy (non-hydrogen) atoms. The quantitative estimate of drug-likeness (QED) is 0.862. The second-order valence-corrected chi connectivity index (χ2v) is 6.62. The number of nitrogens with zero attached hydrogens (tertiary/aromatic N) is 1. The Morgan fingerprint density at radius 3 is 2.58 bits per heavy atom. The van der Waals surface area contributed by atoms with Crippen molar-refractivity contribution < 1.29 is 17.9 Å². The predicted octanol–water partition coefficient (Wildman–Crippen LogP) is 1.78. The van der Waals surface area contributed by atoms with Gasteiger partial charge in [-0.2, -0.15) is 0 Å². The van der Waals surface area contributed by atoms with Gasteiger partial charge in [-0.25, -0.2) is 8.42 Å². The van der Waals surface area contributed by atoms with Gasteiger partial charge in [0.2, 0.25) is 10.0 Å². The van der Waals surface area contributed by atoms with Gasteiger partial charge in [0.25, 0.3) is 0 Å². The largest absolute Gasteiger partial charge is 0.485 e. The lowest BCUT2D eigenvalue weighted by Crippen LogP contribution is -2.14. The molecule has 0 radical (unpaired) electrons. The van der Waals surface area contributed by atoms with Gasteiger partial charge in [0.05, 0.1) is 30.9 Å². The fourth-order valence-electron chi connectivity index (χ4n) is 1.51. The number of sulfonamides is 1. The molecule has 0 atom stereocenters. The first-order chi connectivity index (χ1) is 8.85. The maximum Gasteiger partial charge on any atom is 0.229 e. The number of aromatic nitrogens is 1. The summed E-state index contributed by atoms with van der Waals surface area (Å²) in [6, 6.07) is 0. The highest BCUT2D eigenvalue weighted by Crippen LogP contribution is 2.39. The van der Waals surface area contributed by atoms with Gasteiger partial charge in [-0.05, 0) is 26.7 Å². The zero-order valence-electron chi connectivity index (χ0n) is 11.2. The van der Waals surface area contributed by atoms with Crippen molar-refractivity contribution in [2.75, 3.05) is 11.0 Å². The molecule has 1 saturated carbocycles. The maximum absolute atomic E-state index is 11.4. The normalized spacial score (nSPS) is 15.4. The second kappa shape index (κ2) is 5.24. The van der Waals surface area contributed by atoms with Crippen molar-refractivity contribution in [1.82, 2.24) is 4.98 Å². The van der Waals surface area contributed by atoms with Crippen molar-refractivity contribution in [3.8, 4) is 11.5 Å². The average molecular weight is 286 g/mol. The van der Waals surface area contributed by atoms with Crippen LogP contribution in [0.15, 0.2) is 12.4 Å². The smallest absolute Gasteiger partial charge is 0.229 e. The van der Waals surface area contributed by atoms with E-state index >= 15 is 0 Å². The van der Waals surface area contributed by atoms with Crippen LogP contribution in [-0.4, -0.2) is 31.9 Å². The number of rotatable bonds is 6. The summed E-state index contributed by atoms with van der Waals surface area (Å²) in [5.74, 6) is 0.868. The number of hydrogen-bond donors (Lipinski definition) is 1. The van der Waals surface area contributed by atoms with Gasteiger partial charge < -0.3 is 9.47 Å². The molecule has 0 bridgehead atoms. The van der Waals surface area contributed by atoms with Crippen LogP contribution in [0.1, 0.15) is 26.7 Å². The van der Waals surface area contributed by atoms with Gasteiger partial charge in [-0.15, -0.1) is 0 Å². The Kier molecular flexibility index (Phi) is 3.84. The van der Waals surface area contributed by atoms with E-state index in [-0.39, 0.29) is 12.2 Å². The summed E-state index contributed by atoms with van der Waals surface area (Å²) >= 11 is 0. The van der Waals surface area contributed by atoms with Gasteiger partial charge in [0, 0.05) is 0 Å². The first-order valence-electron chi connectivity index (χ1n) is 6.14. The molecule has 1 fully saturated rings. The fourth-order valence-corrected chi connectivity index (χ4v) is 2.06. The van der Waals surface area contributed by atoms with Crippen molar-refractivity contribution >= 4 is 15.7 Å². The Labute approximate surface area is 113 Å². The maximum atomic E-state index is 11.4. The number of hydrogen-bond acceptors (Lipinski definition) is 5. The summed E-state index contributed by atoms with van der Waals surface area (Å²) in [4.78, 5) is 3.98. The van der Waals surface area contributed by atoms with Gasteiger partial charge in [-0.1, -0.05) is 0 Å². The standard InChI is InChI=1S/C12H18N2O4S/c1-8(2)17-11-7-13-6-10(14-19(3,15)16)12(11)18-9-4-5-9/h6-9,14H,4-5H2,1-3H3. The summed E-state index contributed by atoms with van der Waals surface area (Å²) in [5, 5.41) is 0. The molecular weight excluding hydrogens is 268 g/mol. The van der Waals surface area contributed by atoms with Gasteiger partial charge in [0.15, 0.2) is 11.5 Å². The predicted molar refractivity (Wildman–Crippen MR) is 72.1 cm³/mol. The first-order valence-corrected chi connectivity index (χ1v) is 8.03. The molecular formula is C12H18N2O4S. The molecule has 0 unspecified atom stereocenters. The average Bonchev–Trinajstić information content (AvgIpc) is 3.03. The Bertz CT molecular complexity index is 553. The lowest BCUT2D eigenvalue weighted by atomic mass is 10.3. The van der Waals surface area contributed by atoms with Crippen LogP contribution < -0.4 is 14.2 Å². The Morgan fingerprint density at radius 2 is 2.05 bits per heavy atom. The zero-order valence-corrected chi connectivity index (χ0v) is 12.0. The third-order valence-electron chi connectivity index (χ3n) is 2.33. The third-order valence-corrected chi connectivity index (χ3v) is 2.92. The summed E-state index contributed by atoms with van der Waals surface area (Å²) in [6.07, 6.45) is 6.08.